The van der Waals surface area contributed by atoms with Gasteiger partial charge in [0.2, 0.25) is 0 Å². The van der Waals surface area contributed by atoms with Crippen molar-refractivity contribution in [1.29, 1.82) is 0 Å². The van der Waals surface area contributed by atoms with E-state index in [0.29, 0.717) is 65.8 Å². The molecule has 10 nitrogen and oxygen atoms in total. The molecule has 0 unspecified atom stereocenters. The molecule has 0 aliphatic carbocycles. The predicted molar refractivity (Wildman–Crippen MR) is 100 cm³/mol. The van der Waals surface area contributed by atoms with Crippen LogP contribution in [0.15, 0.2) is 6.20 Å². The van der Waals surface area contributed by atoms with Gasteiger partial charge in [-0.3, -0.25) is 4.90 Å². The van der Waals surface area contributed by atoms with Gasteiger partial charge < -0.3 is 19.5 Å². The van der Waals surface area contributed by atoms with Gasteiger partial charge in [0.05, 0.1) is 63.4 Å². The number of ether oxygens (including phenoxy) is 3. The second kappa shape index (κ2) is 12.4. The summed E-state index contributed by atoms with van der Waals surface area (Å²) in [5, 5.41) is 11.2. The number of hydrogen-bond donors (Lipinski definition) is 1. The average Bonchev–Trinajstić information content (AvgIpc) is 3.09. The molecule has 1 aromatic rings. The molecule has 1 aliphatic rings. The van der Waals surface area contributed by atoms with Gasteiger partial charge in [-0.1, -0.05) is 5.21 Å². The minimum atomic E-state index is -2.85. The monoisotopic (exact) mass is 405 g/mol. The Labute approximate surface area is 161 Å². The van der Waals surface area contributed by atoms with E-state index in [0.717, 1.165) is 12.2 Å². The van der Waals surface area contributed by atoms with E-state index in [4.69, 9.17) is 14.2 Å². The topological polar surface area (TPSA) is 108 Å². The van der Waals surface area contributed by atoms with Crippen LogP contribution in [0.25, 0.3) is 0 Å². The van der Waals surface area contributed by atoms with Crippen molar-refractivity contribution in [2.75, 3.05) is 77.8 Å². The van der Waals surface area contributed by atoms with Crippen molar-refractivity contribution in [3.8, 4) is 0 Å². The molecular formula is C16H31N5O5S. The fraction of sp³-hybridized carbons (Fsp3) is 0.875. The molecule has 1 saturated heterocycles. The number of likely N-dealkylation sites (N-methyl/N-ethyl adjacent to an activating group) is 1. The Morgan fingerprint density at radius 2 is 1.67 bits per heavy atom. The minimum Gasteiger partial charge on any atom is -0.378 e. The van der Waals surface area contributed by atoms with Crippen molar-refractivity contribution in [2.45, 2.75) is 13.1 Å². The number of hydrogen-bond acceptors (Lipinski definition) is 9. The van der Waals surface area contributed by atoms with Gasteiger partial charge in [-0.2, -0.15) is 0 Å². The molecule has 27 heavy (non-hydrogen) atoms. The molecule has 0 bridgehead atoms. The molecule has 11 heteroatoms. The normalized spacial score (nSPS) is 17.4. The van der Waals surface area contributed by atoms with Crippen LogP contribution in [0, 0.1) is 0 Å². The molecule has 0 aromatic carbocycles. The van der Waals surface area contributed by atoms with Crippen molar-refractivity contribution in [3.63, 3.8) is 0 Å². The lowest BCUT2D eigenvalue weighted by Crippen LogP contribution is -2.39. The summed E-state index contributed by atoms with van der Waals surface area (Å²) in [5.74, 6) is 0.443. The van der Waals surface area contributed by atoms with Gasteiger partial charge in [0.1, 0.15) is 0 Å². The van der Waals surface area contributed by atoms with E-state index in [-0.39, 0.29) is 11.5 Å². The molecular weight excluding hydrogens is 374 g/mol. The van der Waals surface area contributed by atoms with Crippen molar-refractivity contribution < 1.29 is 22.6 Å². The second-order valence-corrected chi connectivity index (χ2v) is 8.65. The lowest BCUT2D eigenvalue weighted by atomic mass is 10.4. The van der Waals surface area contributed by atoms with E-state index in [1.54, 1.807) is 4.68 Å². The van der Waals surface area contributed by atoms with E-state index >= 15 is 0 Å². The van der Waals surface area contributed by atoms with E-state index < -0.39 is 9.84 Å². The maximum absolute atomic E-state index is 11.4. The predicted octanol–water partition coefficient (Wildman–Crippen LogP) is -1.22. The van der Waals surface area contributed by atoms with Crippen LogP contribution in [0.1, 0.15) is 5.69 Å². The van der Waals surface area contributed by atoms with Gasteiger partial charge in [-0.15, -0.1) is 5.10 Å². The number of nitrogens with zero attached hydrogens (tertiary/aromatic N) is 4. The standard InChI is InChI=1S/C16H31N5O5S/c1-17-2-6-24-8-10-26-11-9-25-7-3-21-15-16(18-19-21)14-20-4-12-27(22,23)13-5-20/h15,17H,2-14H2,1H3. The second-order valence-electron chi connectivity index (χ2n) is 6.34. The highest BCUT2D eigenvalue weighted by Gasteiger charge is 2.22. The van der Waals surface area contributed by atoms with Crippen LogP contribution in [-0.2, 0) is 37.1 Å². The molecule has 156 valence electrons. The van der Waals surface area contributed by atoms with Gasteiger partial charge in [-0.25, -0.2) is 13.1 Å². The molecule has 0 spiro atoms. The SMILES string of the molecule is CNCCOCCOCCOCCn1cc(CN2CCS(=O)(=O)CC2)nn1. The quantitative estimate of drug-likeness (QED) is 0.381. The van der Waals surface area contributed by atoms with Gasteiger partial charge in [0, 0.05) is 32.4 Å². The molecule has 1 aliphatic heterocycles. The first-order valence-electron chi connectivity index (χ1n) is 9.29. The highest BCUT2D eigenvalue weighted by molar-refractivity contribution is 7.91. The number of nitrogens with one attached hydrogen (secondary N) is 1. The Kier molecular flexibility index (Phi) is 10.2. The zero-order chi connectivity index (χ0) is 19.4. The number of aromatic nitrogens is 3. The number of rotatable bonds is 14. The highest BCUT2D eigenvalue weighted by atomic mass is 32.2. The number of sulfone groups is 1. The van der Waals surface area contributed by atoms with Crippen LogP contribution in [0.3, 0.4) is 0 Å². The Morgan fingerprint density at radius 3 is 2.33 bits per heavy atom. The molecule has 0 amide bonds. The summed E-state index contributed by atoms with van der Waals surface area (Å²) in [5.41, 5.74) is 0.843. The van der Waals surface area contributed by atoms with Gasteiger partial charge in [0.25, 0.3) is 0 Å². The summed E-state index contributed by atoms with van der Waals surface area (Å²) in [6, 6.07) is 0. The summed E-state index contributed by atoms with van der Waals surface area (Å²) in [7, 11) is -0.962. The molecule has 1 aromatic heterocycles. The van der Waals surface area contributed by atoms with Gasteiger partial charge in [-0.05, 0) is 7.05 Å². The van der Waals surface area contributed by atoms with Crippen molar-refractivity contribution in [3.05, 3.63) is 11.9 Å². The molecule has 1 N–H and O–H groups in total. The molecule has 1 fully saturated rings. The van der Waals surface area contributed by atoms with E-state index in [1.807, 2.05) is 13.2 Å². The maximum Gasteiger partial charge on any atom is 0.152 e. The fourth-order valence-electron chi connectivity index (χ4n) is 2.53. The Hall–Kier alpha value is -1.11. The van der Waals surface area contributed by atoms with Crippen LogP contribution >= 0.6 is 0 Å². The Balaban J connectivity index is 1.48. The minimum absolute atomic E-state index is 0.221. The molecule has 0 radical (unpaired) electrons. The van der Waals surface area contributed by atoms with Crippen LogP contribution in [0.5, 0.6) is 0 Å². The summed E-state index contributed by atoms with van der Waals surface area (Å²) in [6.07, 6.45) is 1.88. The van der Waals surface area contributed by atoms with E-state index in [1.165, 1.54) is 0 Å². The molecule has 0 saturated carbocycles. The zero-order valence-corrected chi connectivity index (χ0v) is 16.8. The van der Waals surface area contributed by atoms with Crippen LogP contribution < -0.4 is 5.32 Å². The fourth-order valence-corrected chi connectivity index (χ4v) is 3.81. The third kappa shape index (κ3) is 9.58. The third-order valence-corrected chi connectivity index (χ3v) is 5.72. The summed E-state index contributed by atoms with van der Waals surface area (Å²) in [6.45, 7) is 6.64. The van der Waals surface area contributed by atoms with Crippen molar-refractivity contribution >= 4 is 9.84 Å². The summed E-state index contributed by atoms with van der Waals surface area (Å²) >= 11 is 0. The smallest absolute Gasteiger partial charge is 0.152 e. The lowest BCUT2D eigenvalue weighted by molar-refractivity contribution is 0.0134. The van der Waals surface area contributed by atoms with E-state index in [2.05, 4.69) is 20.5 Å². The summed E-state index contributed by atoms with van der Waals surface area (Å²) in [4.78, 5) is 2.09. The van der Waals surface area contributed by atoms with Gasteiger partial charge >= 0.3 is 0 Å². The summed E-state index contributed by atoms with van der Waals surface area (Å²) < 4.78 is 40.9. The Morgan fingerprint density at radius 1 is 1.04 bits per heavy atom. The average molecular weight is 406 g/mol. The van der Waals surface area contributed by atoms with E-state index in [9.17, 15) is 8.42 Å². The zero-order valence-electron chi connectivity index (χ0n) is 16.0. The van der Waals surface area contributed by atoms with Crippen LogP contribution in [0.2, 0.25) is 0 Å². The Bertz CT molecular complexity index is 610. The van der Waals surface area contributed by atoms with Crippen LogP contribution in [-0.4, -0.2) is 106 Å². The third-order valence-electron chi connectivity index (χ3n) is 4.11. The first-order chi connectivity index (χ1) is 13.1. The van der Waals surface area contributed by atoms with Crippen molar-refractivity contribution in [1.82, 2.24) is 25.2 Å². The molecule has 2 heterocycles. The molecule has 0 atom stereocenters. The maximum atomic E-state index is 11.4. The first kappa shape index (κ1) is 22.2. The van der Waals surface area contributed by atoms with Crippen molar-refractivity contribution in [2.24, 2.45) is 0 Å². The van der Waals surface area contributed by atoms with Gasteiger partial charge in [0.15, 0.2) is 9.84 Å². The largest absolute Gasteiger partial charge is 0.378 e. The lowest BCUT2D eigenvalue weighted by Gasteiger charge is -2.25. The molecule has 2 rings (SSSR count). The first-order valence-corrected chi connectivity index (χ1v) is 11.1. The highest BCUT2D eigenvalue weighted by Crippen LogP contribution is 2.07. The van der Waals surface area contributed by atoms with Crippen LogP contribution in [0.4, 0.5) is 0 Å².